The number of nitrogens with zero attached hydrogens (tertiary/aromatic N) is 4. The molecule has 2 heterocycles. The maximum Gasteiger partial charge on any atom is 0.223 e. The Morgan fingerprint density at radius 3 is 2.48 bits per heavy atom. The number of aromatic nitrogens is 2. The summed E-state index contributed by atoms with van der Waals surface area (Å²) >= 11 is 0. The Hall–Kier alpha value is -2.21. The van der Waals surface area contributed by atoms with Gasteiger partial charge >= 0.3 is 0 Å². The van der Waals surface area contributed by atoms with E-state index in [-0.39, 0.29) is 5.91 Å². The molecule has 0 unspecified atom stereocenters. The standard InChI is InChI=1S/C23H34N4O2/c1-3-26(4-2)20-16-17-27(18-20)23(28)15-14-22-25-24-21(29-22)13-9-8-12-19-10-6-5-7-11-19/h5-7,10-11,20H,3-4,8-9,12-18H2,1-2H3/t20-/m1/s1. The monoisotopic (exact) mass is 398 g/mol. The van der Waals surface area contributed by atoms with E-state index in [1.807, 2.05) is 11.0 Å². The number of amides is 1. The Labute approximate surface area is 174 Å². The van der Waals surface area contributed by atoms with Gasteiger partial charge in [0.2, 0.25) is 17.7 Å². The normalized spacial score (nSPS) is 16.7. The van der Waals surface area contributed by atoms with E-state index in [9.17, 15) is 4.79 Å². The van der Waals surface area contributed by atoms with Crippen LogP contribution in [-0.2, 0) is 24.1 Å². The van der Waals surface area contributed by atoms with Crippen molar-refractivity contribution in [1.82, 2.24) is 20.0 Å². The van der Waals surface area contributed by atoms with Gasteiger partial charge in [-0.15, -0.1) is 10.2 Å². The Balaban J connectivity index is 1.35. The number of aryl methyl sites for hydroxylation is 3. The predicted octanol–water partition coefficient (Wildman–Crippen LogP) is 3.51. The molecule has 0 spiro atoms. The summed E-state index contributed by atoms with van der Waals surface area (Å²) in [6.07, 6.45) is 6.04. The highest BCUT2D eigenvalue weighted by Crippen LogP contribution is 2.17. The Kier molecular flexibility index (Phi) is 8.23. The number of rotatable bonds is 11. The molecule has 6 heteroatoms. The first-order valence-corrected chi connectivity index (χ1v) is 11.1. The van der Waals surface area contributed by atoms with Crippen LogP contribution in [0, 0.1) is 0 Å². The van der Waals surface area contributed by atoms with Gasteiger partial charge in [-0.3, -0.25) is 9.69 Å². The molecule has 0 saturated carbocycles. The lowest BCUT2D eigenvalue weighted by molar-refractivity contribution is -0.130. The molecule has 1 saturated heterocycles. The van der Waals surface area contributed by atoms with Crippen molar-refractivity contribution in [2.24, 2.45) is 0 Å². The van der Waals surface area contributed by atoms with E-state index in [0.29, 0.717) is 30.7 Å². The topological polar surface area (TPSA) is 62.5 Å². The highest BCUT2D eigenvalue weighted by atomic mass is 16.4. The summed E-state index contributed by atoms with van der Waals surface area (Å²) < 4.78 is 5.74. The number of likely N-dealkylation sites (N-methyl/N-ethyl adjacent to an activating group) is 1. The first kappa shape index (κ1) is 21.5. The summed E-state index contributed by atoms with van der Waals surface area (Å²) in [6.45, 7) is 8.15. The van der Waals surface area contributed by atoms with Crippen LogP contribution in [0.4, 0.5) is 0 Å². The second kappa shape index (κ2) is 11.1. The summed E-state index contributed by atoms with van der Waals surface area (Å²) in [5.41, 5.74) is 1.36. The van der Waals surface area contributed by atoms with Crippen molar-refractivity contribution in [3.05, 3.63) is 47.7 Å². The van der Waals surface area contributed by atoms with Gasteiger partial charge in [0.05, 0.1) is 0 Å². The smallest absolute Gasteiger partial charge is 0.223 e. The van der Waals surface area contributed by atoms with Gasteiger partial charge in [-0.2, -0.15) is 0 Å². The average Bonchev–Trinajstić information content (AvgIpc) is 3.41. The molecule has 6 nitrogen and oxygen atoms in total. The molecule has 3 rings (SSSR count). The molecule has 1 aromatic carbocycles. The third kappa shape index (κ3) is 6.39. The van der Waals surface area contributed by atoms with Crippen LogP contribution in [0.25, 0.3) is 0 Å². The SMILES string of the molecule is CCN(CC)[C@@H]1CCN(C(=O)CCc2nnc(CCCCc3ccccc3)o2)C1. The number of likely N-dealkylation sites (tertiary alicyclic amines) is 1. The largest absolute Gasteiger partial charge is 0.425 e. The molecule has 1 amide bonds. The van der Waals surface area contributed by atoms with Crippen molar-refractivity contribution in [2.45, 2.75) is 64.8 Å². The summed E-state index contributed by atoms with van der Waals surface area (Å²) in [4.78, 5) is 17.0. The molecule has 29 heavy (non-hydrogen) atoms. The fraction of sp³-hybridized carbons (Fsp3) is 0.609. The molecular weight excluding hydrogens is 364 g/mol. The lowest BCUT2D eigenvalue weighted by atomic mass is 10.1. The van der Waals surface area contributed by atoms with E-state index in [0.717, 1.165) is 58.3 Å². The minimum atomic E-state index is 0.197. The minimum absolute atomic E-state index is 0.197. The summed E-state index contributed by atoms with van der Waals surface area (Å²) in [5.74, 6) is 1.46. The number of unbranched alkanes of at least 4 members (excludes halogenated alkanes) is 1. The molecule has 2 aromatic rings. The maximum absolute atomic E-state index is 12.5. The van der Waals surface area contributed by atoms with Crippen LogP contribution in [-0.4, -0.2) is 58.1 Å². The van der Waals surface area contributed by atoms with Crippen LogP contribution >= 0.6 is 0 Å². The second-order valence-corrected chi connectivity index (χ2v) is 7.79. The molecule has 0 aliphatic carbocycles. The third-order valence-electron chi connectivity index (χ3n) is 5.86. The molecule has 0 radical (unpaired) electrons. The van der Waals surface area contributed by atoms with Crippen molar-refractivity contribution in [2.75, 3.05) is 26.2 Å². The van der Waals surface area contributed by atoms with E-state index in [4.69, 9.17) is 4.42 Å². The number of carbonyl (C=O) groups excluding carboxylic acids is 1. The quantitative estimate of drug-likeness (QED) is 0.542. The van der Waals surface area contributed by atoms with E-state index < -0.39 is 0 Å². The average molecular weight is 399 g/mol. The fourth-order valence-electron chi connectivity index (χ4n) is 4.12. The van der Waals surface area contributed by atoms with Gasteiger partial charge in [0.25, 0.3) is 0 Å². The van der Waals surface area contributed by atoms with Crippen LogP contribution in [0.15, 0.2) is 34.7 Å². The zero-order valence-corrected chi connectivity index (χ0v) is 17.8. The van der Waals surface area contributed by atoms with E-state index in [2.05, 4.69) is 53.2 Å². The van der Waals surface area contributed by atoms with Gasteiger partial charge in [-0.1, -0.05) is 44.2 Å². The van der Waals surface area contributed by atoms with Crippen molar-refractivity contribution in [1.29, 1.82) is 0 Å². The van der Waals surface area contributed by atoms with Crippen LogP contribution < -0.4 is 0 Å². The van der Waals surface area contributed by atoms with Crippen molar-refractivity contribution < 1.29 is 9.21 Å². The lowest BCUT2D eigenvalue weighted by Crippen LogP contribution is -2.38. The van der Waals surface area contributed by atoms with Gasteiger partial charge in [-0.05, 0) is 44.3 Å². The van der Waals surface area contributed by atoms with Crippen LogP contribution in [0.2, 0.25) is 0 Å². The molecule has 158 valence electrons. The zero-order chi connectivity index (χ0) is 20.5. The van der Waals surface area contributed by atoms with Gasteiger partial charge in [-0.25, -0.2) is 0 Å². The molecule has 1 aromatic heterocycles. The molecule has 1 atom stereocenters. The third-order valence-corrected chi connectivity index (χ3v) is 5.86. The number of carbonyl (C=O) groups is 1. The van der Waals surface area contributed by atoms with Crippen LogP contribution in [0.1, 0.15) is 56.9 Å². The Morgan fingerprint density at radius 1 is 1.07 bits per heavy atom. The molecular formula is C23H34N4O2. The van der Waals surface area contributed by atoms with Crippen molar-refractivity contribution in [3.8, 4) is 0 Å². The van der Waals surface area contributed by atoms with Gasteiger partial charge in [0.1, 0.15) is 0 Å². The second-order valence-electron chi connectivity index (χ2n) is 7.79. The van der Waals surface area contributed by atoms with E-state index in [1.165, 1.54) is 5.56 Å². The van der Waals surface area contributed by atoms with E-state index in [1.54, 1.807) is 0 Å². The lowest BCUT2D eigenvalue weighted by Gasteiger charge is -2.26. The van der Waals surface area contributed by atoms with Gasteiger partial charge < -0.3 is 9.32 Å². The molecule has 1 aliphatic rings. The predicted molar refractivity (Wildman–Crippen MR) is 114 cm³/mol. The summed E-state index contributed by atoms with van der Waals surface area (Å²) in [7, 11) is 0. The van der Waals surface area contributed by atoms with Crippen molar-refractivity contribution in [3.63, 3.8) is 0 Å². The minimum Gasteiger partial charge on any atom is -0.425 e. The Bertz CT molecular complexity index is 742. The first-order valence-electron chi connectivity index (χ1n) is 11.1. The first-order chi connectivity index (χ1) is 14.2. The molecule has 1 fully saturated rings. The van der Waals surface area contributed by atoms with Crippen LogP contribution in [0.5, 0.6) is 0 Å². The summed E-state index contributed by atoms with van der Waals surface area (Å²) in [5, 5.41) is 8.27. The molecule has 0 N–H and O–H groups in total. The summed E-state index contributed by atoms with van der Waals surface area (Å²) in [6, 6.07) is 11.0. The number of hydrogen-bond donors (Lipinski definition) is 0. The highest BCUT2D eigenvalue weighted by molar-refractivity contribution is 5.76. The highest BCUT2D eigenvalue weighted by Gasteiger charge is 2.29. The Morgan fingerprint density at radius 2 is 1.76 bits per heavy atom. The molecule has 0 bridgehead atoms. The van der Waals surface area contributed by atoms with Gasteiger partial charge in [0, 0.05) is 38.4 Å². The fourth-order valence-corrected chi connectivity index (χ4v) is 4.12. The van der Waals surface area contributed by atoms with Gasteiger partial charge in [0.15, 0.2) is 0 Å². The van der Waals surface area contributed by atoms with Crippen molar-refractivity contribution >= 4 is 5.91 Å². The zero-order valence-electron chi connectivity index (χ0n) is 17.8. The number of hydrogen-bond acceptors (Lipinski definition) is 5. The molecule has 1 aliphatic heterocycles. The van der Waals surface area contributed by atoms with Crippen LogP contribution in [0.3, 0.4) is 0 Å². The number of benzene rings is 1. The maximum atomic E-state index is 12.5. The van der Waals surface area contributed by atoms with E-state index >= 15 is 0 Å².